The summed E-state index contributed by atoms with van der Waals surface area (Å²) in [5.74, 6) is 0.315. The highest BCUT2D eigenvalue weighted by molar-refractivity contribution is 7.17. The number of fused-ring (bicyclic) bond motifs is 4. The number of benzene rings is 1. The van der Waals surface area contributed by atoms with Gasteiger partial charge in [0.15, 0.2) is 12.4 Å². The van der Waals surface area contributed by atoms with E-state index in [0.29, 0.717) is 27.5 Å². The molecule has 5 rings (SSSR count). The Morgan fingerprint density at radius 2 is 2.03 bits per heavy atom. The van der Waals surface area contributed by atoms with Gasteiger partial charge in [-0.3, -0.25) is 13.8 Å². The monoisotopic (exact) mass is 417 g/mol. The molecule has 1 aromatic carbocycles. The van der Waals surface area contributed by atoms with Gasteiger partial charge in [0.05, 0.1) is 16.7 Å². The molecule has 148 valence electrons. The molecule has 4 heterocycles. The fourth-order valence-electron chi connectivity index (χ4n) is 3.26. The van der Waals surface area contributed by atoms with Gasteiger partial charge in [0, 0.05) is 18.5 Å². The minimum absolute atomic E-state index is 0.0708. The summed E-state index contributed by atoms with van der Waals surface area (Å²) in [6, 6.07) is 13.4. The predicted octanol–water partition coefficient (Wildman–Crippen LogP) is 2.95. The lowest BCUT2D eigenvalue weighted by Crippen LogP contribution is -2.19. The average Bonchev–Trinajstić information content (AvgIpc) is 3.41. The van der Waals surface area contributed by atoms with Crippen molar-refractivity contribution >= 4 is 50.3 Å². The normalized spacial score (nSPS) is 11.8. The van der Waals surface area contributed by atoms with Gasteiger partial charge in [-0.1, -0.05) is 24.3 Å². The molecule has 0 radical (unpaired) electrons. The maximum absolute atomic E-state index is 12.4. The lowest BCUT2D eigenvalue weighted by atomic mass is 10.2. The molecule has 0 spiro atoms. The van der Waals surface area contributed by atoms with Gasteiger partial charge in [0.2, 0.25) is 5.78 Å². The van der Waals surface area contributed by atoms with E-state index >= 15 is 0 Å². The largest absolute Gasteiger partial charge is 0.454 e. The number of hydrogen-bond acceptors (Lipinski definition) is 7. The van der Waals surface area contributed by atoms with E-state index in [4.69, 9.17) is 4.74 Å². The highest BCUT2D eigenvalue weighted by Crippen LogP contribution is 2.19. The Bertz CT molecular complexity index is 1510. The average molecular weight is 417 g/mol. The first-order valence-electron chi connectivity index (χ1n) is 9.12. The van der Waals surface area contributed by atoms with Crippen LogP contribution in [0.2, 0.25) is 0 Å². The maximum atomic E-state index is 12.4. The van der Waals surface area contributed by atoms with Gasteiger partial charge >= 0.3 is 5.97 Å². The Morgan fingerprint density at radius 1 is 1.17 bits per heavy atom. The van der Waals surface area contributed by atoms with Crippen LogP contribution in [0.1, 0.15) is 11.5 Å². The predicted molar refractivity (Wildman–Crippen MR) is 114 cm³/mol. The van der Waals surface area contributed by atoms with Gasteiger partial charge in [-0.25, -0.2) is 9.78 Å². The smallest absolute Gasteiger partial charge is 0.331 e. The van der Waals surface area contributed by atoms with Crippen LogP contribution in [0.15, 0.2) is 58.7 Å². The fourth-order valence-corrected chi connectivity index (χ4v) is 4.11. The van der Waals surface area contributed by atoms with Crippen LogP contribution in [0.5, 0.6) is 0 Å². The second kappa shape index (κ2) is 7.20. The van der Waals surface area contributed by atoms with E-state index in [2.05, 4.69) is 15.2 Å². The van der Waals surface area contributed by atoms with Gasteiger partial charge < -0.3 is 4.74 Å². The van der Waals surface area contributed by atoms with Crippen molar-refractivity contribution in [1.82, 2.24) is 24.1 Å². The third-order valence-electron chi connectivity index (χ3n) is 4.75. The van der Waals surface area contributed by atoms with Crippen molar-refractivity contribution < 1.29 is 9.53 Å². The molecule has 0 aliphatic carbocycles. The zero-order valence-corrected chi connectivity index (χ0v) is 16.7. The molecular formula is C21H15N5O3S. The number of aromatic nitrogens is 5. The second-order valence-corrected chi connectivity index (χ2v) is 7.54. The number of carbonyl (C=O) groups excluding carboxylic acids is 1. The third-order valence-corrected chi connectivity index (χ3v) is 5.64. The van der Waals surface area contributed by atoms with Crippen LogP contribution in [-0.4, -0.2) is 30.1 Å². The fraction of sp³-hybridized carbons (Fsp3) is 0.0952. The minimum Gasteiger partial charge on any atom is -0.454 e. The molecule has 4 aromatic heterocycles. The molecule has 0 amide bonds. The Hall–Kier alpha value is -3.85. The molecule has 0 N–H and O–H groups in total. The van der Waals surface area contributed by atoms with Crippen LogP contribution in [0.4, 0.5) is 0 Å². The zero-order chi connectivity index (χ0) is 20.7. The van der Waals surface area contributed by atoms with E-state index in [9.17, 15) is 9.59 Å². The first kappa shape index (κ1) is 18.2. The lowest BCUT2D eigenvalue weighted by molar-refractivity contribution is -0.139. The number of carbonyl (C=O) groups is 1. The Kier molecular flexibility index (Phi) is 4.36. The molecule has 30 heavy (non-hydrogen) atoms. The Morgan fingerprint density at radius 3 is 2.93 bits per heavy atom. The molecule has 0 unspecified atom stereocenters. The number of ether oxygens (including phenoxy) is 1. The van der Waals surface area contributed by atoms with Crippen molar-refractivity contribution in [3.63, 3.8) is 0 Å². The SMILES string of the molecule is Cn1c(=O)c2sccc2n2c(COC(=O)C=Cc3ccc4ccccc4n3)nnc12. The van der Waals surface area contributed by atoms with Crippen LogP contribution in [0, 0.1) is 0 Å². The zero-order valence-electron chi connectivity index (χ0n) is 15.8. The first-order valence-corrected chi connectivity index (χ1v) is 10.0. The van der Waals surface area contributed by atoms with Crippen molar-refractivity contribution in [1.29, 1.82) is 0 Å². The van der Waals surface area contributed by atoms with Crippen LogP contribution in [-0.2, 0) is 23.2 Å². The molecule has 0 atom stereocenters. The van der Waals surface area contributed by atoms with E-state index in [1.165, 1.54) is 22.0 Å². The van der Waals surface area contributed by atoms with E-state index in [-0.39, 0.29) is 12.2 Å². The topological polar surface area (TPSA) is 91.4 Å². The van der Waals surface area contributed by atoms with Crippen molar-refractivity contribution in [2.75, 3.05) is 0 Å². The number of para-hydroxylation sites is 1. The summed E-state index contributed by atoms with van der Waals surface area (Å²) in [6.07, 6.45) is 2.94. The van der Waals surface area contributed by atoms with Crippen LogP contribution in [0.25, 0.3) is 33.0 Å². The van der Waals surface area contributed by atoms with Crippen molar-refractivity contribution in [3.8, 4) is 0 Å². The number of rotatable bonds is 4. The summed E-state index contributed by atoms with van der Waals surface area (Å²) < 4.78 is 9.10. The molecule has 0 saturated heterocycles. The summed E-state index contributed by atoms with van der Waals surface area (Å²) >= 11 is 1.35. The molecule has 9 heteroatoms. The van der Waals surface area contributed by atoms with Crippen molar-refractivity contribution in [3.05, 3.63) is 75.8 Å². The van der Waals surface area contributed by atoms with Gasteiger partial charge in [0.1, 0.15) is 4.70 Å². The maximum Gasteiger partial charge on any atom is 0.331 e. The van der Waals surface area contributed by atoms with Gasteiger partial charge in [-0.05, 0) is 29.7 Å². The van der Waals surface area contributed by atoms with Crippen molar-refractivity contribution in [2.45, 2.75) is 6.61 Å². The molecule has 0 aliphatic heterocycles. The summed E-state index contributed by atoms with van der Waals surface area (Å²) in [5, 5.41) is 11.0. The first-order chi connectivity index (χ1) is 14.6. The van der Waals surface area contributed by atoms with E-state index in [1.807, 2.05) is 47.8 Å². The highest BCUT2D eigenvalue weighted by Gasteiger charge is 2.16. The van der Waals surface area contributed by atoms with Gasteiger partial charge in [-0.15, -0.1) is 21.5 Å². The quantitative estimate of drug-likeness (QED) is 0.330. The number of aryl methyl sites for hydroxylation is 1. The van der Waals surface area contributed by atoms with E-state index < -0.39 is 5.97 Å². The molecular weight excluding hydrogens is 402 g/mol. The van der Waals surface area contributed by atoms with Crippen LogP contribution >= 0.6 is 11.3 Å². The molecule has 0 aliphatic rings. The number of esters is 1. The Labute approximate surface area is 173 Å². The third kappa shape index (κ3) is 3.05. The number of thiophene rings is 1. The number of nitrogens with zero attached hydrogens (tertiary/aromatic N) is 5. The van der Waals surface area contributed by atoms with E-state index in [1.54, 1.807) is 17.5 Å². The lowest BCUT2D eigenvalue weighted by Gasteiger charge is -2.05. The highest BCUT2D eigenvalue weighted by atomic mass is 32.1. The summed E-state index contributed by atoms with van der Waals surface area (Å²) in [5.41, 5.74) is 2.08. The molecule has 5 aromatic rings. The van der Waals surface area contributed by atoms with Gasteiger partial charge in [-0.2, -0.15) is 0 Å². The summed E-state index contributed by atoms with van der Waals surface area (Å²) in [4.78, 5) is 29.1. The van der Waals surface area contributed by atoms with Gasteiger partial charge in [0.25, 0.3) is 5.56 Å². The number of pyridine rings is 1. The van der Waals surface area contributed by atoms with E-state index in [0.717, 1.165) is 10.9 Å². The molecule has 0 bridgehead atoms. The minimum atomic E-state index is -0.520. The molecule has 0 fully saturated rings. The molecule has 0 saturated carbocycles. The standard InChI is InChI=1S/C21H15N5O3S/c1-25-20(28)19-16(10-11-30-19)26-17(23-24-21(25)26)12-29-18(27)9-8-14-7-6-13-4-2-3-5-15(13)22-14/h2-11H,12H2,1H3. The summed E-state index contributed by atoms with van der Waals surface area (Å²) in [6.45, 7) is -0.0708. The Balaban J connectivity index is 1.37. The van der Waals surface area contributed by atoms with Crippen molar-refractivity contribution in [2.24, 2.45) is 7.05 Å². The molecule has 8 nitrogen and oxygen atoms in total. The van der Waals surface area contributed by atoms with Crippen LogP contribution < -0.4 is 5.56 Å². The van der Waals surface area contributed by atoms with Crippen LogP contribution in [0.3, 0.4) is 0 Å². The second-order valence-electron chi connectivity index (χ2n) is 6.62. The summed E-state index contributed by atoms with van der Waals surface area (Å²) in [7, 11) is 1.64. The number of hydrogen-bond donors (Lipinski definition) is 0.